The van der Waals surface area contributed by atoms with Gasteiger partial charge in [-0.15, -0.1) is 12.4 Å². The summed E-state index contributed by atoms with van der Waals surface area (Å²) in [6.07, 6.45) is 0.828. The lowest BCUT2D eigenvalue weighted by Crippen LogP contribution is -2.20. The third kappa shape index (κ3) is 3.61. The molecule has 2 rings (SSSR count). The highest BCUT2D eigenvalue weighted by atomic mass is 35.5. The molecule has 0 bridgehead atoms. The Bertz CT molecular complexity index is 581. The van der Waals surface area contributed by atoms with Crippen molar-refractivity contribution in [1.29, 1.82) is 0 Å². The minimum absolute atomic E-state index is 0. The summed E-state index contributed by atoms with van der Waals surface area (Å²) in [6.45, 7) is 0. The molecule has 0 amide bonds. The topological polar surface area (TPSA) is 33.6 Å². The number of rotatable bonds is 3. The highest BCUT2D eigenvalue weighted by Crippen LogP contribution is 2.22. The van der Waals surface area contributed by atoms with E-state index in [9.17, 15) is 0 Å². The van der Waals surface area contributed by atoms with Gasteiger partial charge in [-0.3, -0.25) is 4.99 Å². The molecule has 0 saturated heterocycles. The Kier molecular flexibility index (Phi) is 5.64. The number of hydrogen-bond acceptors (Lipinski definition) is 2. The van der Waals surface area contributed by atoms with E-state index in [4.69, 9.17) is 4.74 Å². The third-order valence-electron chi connectivity index (χ3n) is 3.04. The van der Waals surface area contributed by atoms with E-state index < -0.39 is 0 Å². The number of nitrogens with zero attached hydrogens (tertiary/aromatic N) is 1. The predicted molar refractivity (Wildman–Crippen MR) is 83.9 cm³/mol. The summed E-state index contributed by atoms with van der Waals surface area (Å²) in [4.78, 5) is 4.19. The highest BCUT2D eigenvalue weighted by Gasteiger charge is 2.01. The second-order valence-electron chi connectivity index (χ2n) is 4.14. The van der Waals surface area contributed by atoms with E-state index in [0.29, 0.717) is 0 Å². The molecule has 0 aliphatic heterocycles. The number of nitrogens with one attached hydrogen (secondary N) is 1. The number of ether oxygens (including phenoxy) is 1. The van der Waals surface area contributed by atoms with Gasteiger partial charge in [-0.05, 0) is 28.5 Å². The van der Waals surface area contributed by atoms with Crippen LogP contribution in [0.2, 0.25) is 0 Å². The van der Waals surface area contributed by atoms with Crippen molar-refractivity contribution in [2.24, 2.45) is 4.99 Å². The fourth-order valence-corrected chi connectivity index (χ4v) is 1.98. The van der Waals surface area contributed by atoms with Crippen molar-refractivity contribution in [1.82, 2.24) is 5.32 Å². The highest BCUT2D eigenvalue weighted by molar-refractivity contribution is 5.88. The van der Waals surface area contributed by atoms with E-state index in [1.807, 2.05) is 19.2 Å². The van der Waals surface area contributed by atoms with Crippen molar-refractivity contribution in [3.8, 4) is 5.75 Å². The van der Waals surface area contributed by atoms with Crippen LogP contribution in [0.25, 0.3) is 10.8 Å². The number of aliphatic imine (C=N–C) groups is 1. The molecule has 1 N–H and O–H groups in total. The zero-order valence-corrected chi connectivity index (χ0v) is 12.3. The molecule has 0 aliphatic carbocycles. The zero-order chi connectivity index (χ0) is 13.0. The Morgan fingerprint density at radius 3 is 2.47 bits per heavy atom. The van der Waals surface area contributed by atoms with Crippen molar-refractivity contribution < 1.29 is 4.74 Å². The first kappa shape index (κ1) is 15.3. The van der Waals surface area contributed by atoms with Crippen LogP contribution >= 0.6 is 12.4 Å². The minimum Gasteiger partial charge on any atom is -0.497 e. The van der Waals surface area contributed by atoms with Crippen LogP contribution in [0.5, 0.6) is 5.75 Å². The Morgan fingerprint density at radius 2 is 1.84 bits per heavy atom. The van der Waals surface area contributed by atoms with Crippen LogP contribution in [0.4, 0.5) is 0 Å². The monoisotopic (exact) mass is 278 g/mol. The molecule has 0 unspecified atom stereocenters. The third-order valence-corrected chi connectivity index (χ3v) is 3.04. The smallest absolute Gasteiger partial charge is 0.119 e. The molecule has 0 spiro atoms. The first-order valence-corrected chi connectivity index (χ1v) is 5.97. The number of methoxy groups -OCH3 is 1. The molecular weight excluding hydrogens is 260 g/mol. The van der Waals surface area contributed by atoms with Crippen molar-refractivity contribution in [3.05, 3.63) is 42.0 Å². The van der Waals surface area contributed by atoms with Gasteiger partial charge >= 0.3 is 0 Å². The zero-order valence-electron chi connectivity index (χ0n) is 11.4. The van der Waals surface area contributed by atoms with E-state index in [-0.39, 0.29) is 12.4 Å². The molecule has 0 aliphatic rings. The van der Waals surface area contributed by atoms with Gasteiger partial charge in [0.1, 0.15) is 11.6 Å². The lowest BCUT2D eigenvalue weighted by atomic mass is 10.0. The molecule has 19 heavy (non-hydrogen) atoms. The maximum atomic E-state index is 5.22. The largest absolute Gasteiger partial charge is 0.497 e. The number of fused-ring (bicyclic) bond motifs is 1. The molecule has 0 saturated carbocycles. The van der Waals surface area contributed by atoms with Gasteiger partial charge in [-0.1, -0.05) is 24.3 Å². The van der Waals surface area contributed by atoms with E-state index >= 15 is 0 Å². The van der Waals surface area contributed by atoms with Crippen LogP contribution in [0.3, 0.4) is 0 Å². The summed E-state index contributed by atoms with van der Waals surface area (Å²) < 4.78 is 5.22. The molecule has 0 aromatic heterocycles. The van der Waals surface area contributed by atoms with Gasteiger partial charge in [0, 0.05) is 20.5 Å². The van der Waals surface area contributed by atoms with Crippen LogP contribution in [-0.2, 0) is 6.42 Å². The van der Waals surface area contributed by atoms with Gasteiger partial charge in [0.2, 0.25) is 0 Å². The molecule has 3 nitrogen and oxygen atoms in total. The molecule has 0 radical (unpaired) electrons. The molecular formula is C15H19ClN2O. The second-order valence-corrected chi connectivity index (χ2v) is 4.14. The Morgan fingerprint density at radius 1 is 1.16 bits per heavy atom. The first-order valence-electron chi connectivity index (χ1n) is 5.97. The van der Waals surface area contributed by atoms with Gasteiger partial charge in [0.25, 0.3) is 0 Å². The predicted octanol–water partition coefficient (Wildman–Crippen LogP) is 3.06. The normalized spacial score (nSPS) is 11.0. The summed E-state index contributed by atoms with van der Waals surface area (Å²) in [5.41, 5.74) is 1.25. The molecule has 2 aromatic rings. The van der Waals surface area contributed by atoms with Gasteiger partial charge in [-0.25, -0.2) is 0 Å². The fourth-order valence-electron chi connectivity index (χ4n) is 1.98. The van der Waals surface area contributed by atoms with Crippen LogP contribution < -0.4 is 10.1 Å². The van der Waals surface area contributed by atoms with Crippen LogP contribution in [0.1, 0.15) is 5.56 Å². The second kappa shape index (κ2) is 7.00. The molecule has 102 valence electrons. The summed E-state index contributed by atoms with van der Waals surface area (Å²) in [6, 6.07) is 12.6. The summed E-state index contributed by atoms with van der Waals surface area (Å²) >= 11 is 0. The van der Waals surface area contributed by atoms with Crippen molar-refractivity contribution in [2.75, 3.05) is 21.2 Å². The van der Waals surface area contributed by atoms with Gasteiger partial charge in [0.15, 0.2) is 0 Å². The van der Waals surface area contributed by atoms with Gasteiger partial charge < -0.3 is 10.1 Å². The average molecular weight is 279 g/mol. The number of halogens is 1. The maximum Gasteiger partial charge on any atom is 0.119 e. The summed E-state index contributed by atoms with van der Waals surface area (Å²) in [7, 11) is 5.39. The van der Waals surface area contributed by atoms with Crippen LogP contribution in [0.15, 0.2) is 41.4 Å². The molecule has 0 atom stereocenters. The van der Waals surface area contributed by atoms with Gasteiger partial charge in [-0.2, -0.15) is 0 Å². The quantitative estimate of drug-likeness (QED) is 0.692. The molecule has 0 fully saturated rings. The maximum absolute atomic E-state index is 5.22. The van der Waals surface area contributed by atoms with E-state index in [0.717, 1.165) is 18.0 Å². The minimum atomic E-state index is 0. The number of hydrogen-bond donors (Lipinski definition) is 1. The van der Waals surface area contributed by atoms with Crippen LogP contribution in [0, 0.1) is 0 Å². The van der Waals surface area contributed by atoms with Gasteiger partial charge in [0.05, 0.1) is 7.11 Å². The van der Waals surface area contributed by atoms with E-state index in [1.165, 1.54) is 16.3 Å². The van der Waals surface area contributed by atoms with Crippen molar-refractivity contribution in [2.45, 2.75) is 6.42 Å². The lowest BCUT2D eigenvalue weighted by Gasteiger charge is -2.07. The fraction of sp³-hybridized carbons (Fsp3) is 0.267. The average Bonchev–Trinajstić information content (AvgIpc) is 2.44. The number of likely N-dealkylation sites (N-methyl/N-ethyl adjacent to an activating group) is 1. The van der Waals surface area contributed by atoms with Crippen LogP contribution in [-0.4, -0.2) is 27.0 Å². The molecule has 2 aromatic carbocycles. The Labute approximate surface area is 120 Å². The number of amidine groups is 1. The Balaban J connectivity index is 0.00000180. The standard InChI is InChI=1S/C15H18N2O.ClH/c1-16-15(17-2)9-11-4-5-13-10-14(18-3)7-6-12(13)8-11;/h4-8,10H,9H2,1-3H3,(H,16,17);1H. The summed E-state index contributed by atoms with van der Waals surface area (Å²) in [5, 5.41) is 5.51. The first-order chi connectivity index (χ1) is 8.76. The lowest BCUT2D eigenvalue weighted by molar-refractivity contribution is 0.415. The van der Waals surface area contributed by atoms with E-state index in [2.05, 4.69) is 34.6 Å². The Hall–Kier alpha value is -1.74. The molecule has 4 heteroatoms. The number of benzene rings is 2. The van der Waals surface area contributed by atoms with E-state index in [1.54, 1.807) is 14.2 Å². The van der Waals surface area contributed by atoms with Crippen molar-refractivity contribution in [3.63, 3.8) is 0 Å². The van der Waals surface area contributed by atoms with Crippen molar-refractivity contribution >= 4 is 29.0 Å². The SMILES string of the molecule is CN=C(Cc1ccc2cc(OC)ccc2c1)NC.Cl. The molecule has 0 heterocycles. The summed E-state index contributed by atoms with van der Waals surface area (Å²) in [5.74, 6) is 1.88.